The predicted molar refractivity (Wildman–Crippen MR) is 75.7 cm³/mol. The van der Waals surface area contributed by atoms with E-state index in [1.807, 2.05) is 0 Å². The maximum Gasteiger partial charge on any atom is 0.127 e. The summed E-state index contributed by atoms with van der Waals surface area (Å²) in [5, 5.41) is 0.380. The smallest absolute Gasteiger partial charge is 0.127 e. The second-order valence-corrected chi connectivity index (χ2v) is 5.74. The number of nitrogens with two attached hydrogens (primary N) is 1. The van der Waals surface area contributed by atoms with Crippen LogP contribution in [0.5, 0.6) is 0 Å². The molecule has 0 fully saturated rings. The first-order valence-corrected chi connectivity index (χ1v) is 6.88. The number of hydrogen-bond donors (Lipinski definition) is 1. The number of benzene rings is 2. The second kappa shape index (κ2) is 4.83. The van der Waals surface area contributed by atoms with Crippen LogP contribution in [0.15, 0.2) is 36.4 Å². The van der Waals surface area contributed by atoms with E-state index in [0.717, 1.165) is 11.1 Å². The molecule has 0 saturated carbocycles. The molecule has 1 aliphatic carbocycles. The van der Waals surface area contributed by atoms with Gasteiger partial charge in [-0.15, -0.1) is 0 Å². The highest BCUT2D eigenvalue weighted by molar-refractivity contribution is 6.31. The van der Waals surface area contributed by atoms with E-state index >= 15 is 0 Å². The van der Waals surface area contributed by atoms with Crippen LogP contribution in [-0.4, -0.2) is 0 Å². The largest absolute Gasteiger partial charge is 0.321 e. The van der Waals surface area contributed by atoms with Crippen molar-refractivity contribution in [3.8, 4) is 0 Å². The highest BCUT2D eigenvalue weighted by Crippen LogP contribution is 2.39. The minimum Gasteiger partial charge on any atom is -0.321 e. The third-order valence-corrected chi connectivity index (χ3v) is 4.35. The fourth-order valence-electron chi connectivity index (χ4n) is 2.95. The number of aryl methyl sites for hydroxylation is 1. The summed E-state index contributed by atoms with van der Waals surface area (Å²) < 4.78 is 27.2. The van der Waals surface area contributed by atoms with E-state index < -0.39 is 5.54 Å². The molecule has 2 aromatic carbocycles. The second-order valence-electron chi connectivity index (χ2n) is 5.33. The SMILES string of the molecule is NC1(Cc2c(F)cccc2Cl)CCc2cc(F)ccc21. The minimum absolute atomic E-state index is 0.267. The van der Waals surface area contributed by atoms with Crippen LogP contribution in [0.3, 0.4) is 0 Å². The van der Waals surface area contributed by atoms with E-state index in [-0.39, 0.29) is 11.6 Å². The number of fused-ring (bicyclic) bond motifs is 1. The molecule has 1 atom stereocenters. The number of hydrogen-bond acceptors (Lipinski definition) is 1. The van der Waals surface area contributed by atoms with E-state index in [1.165, 1.54) is 18.2 Å². The van der Waals surface area contributed by atoms with Crippen LogP contribution in [0.2, 0.25) is 5.02 Å². The molecule has 0 radical (unpaired) electrons. The Morgan fingerprint density at radius 3 is 2.75 bits per heavy atom. The third kappa shape index (κ3) is 2.21. The fraction of sp³-hybridized carbons (Fsp3) is 0.250. The van der Waals surface area contributed by atoms with Gasteiger partial charge in [-0.05, 0) is 54.7 Å². The minimum atomic E-state index is -0.686. The Kier molecular flexibility index (Phi) is 3.27. The van der Waals surface area contributed by atoms with Crippen LogP contribution in [-0.2, 0) is 18.4 Å². The van der Waals surface area contributed by atoms with Gasteiger partial charge in [0.2, 0.25) is 0 Å². The lowest BCUT2D eigenvalue weighted by Crippen LogP contribution is -2.37. The zero-order chi connectivity index (χ0) is 14.3. The zero-order valence-corrected chi connectivity index (χ0v) is 11.6. The molecule has 0 aliphatic heterocycles. The Labute approximate surface area is 121 Å². The maximum absolute atomic E-state index is 13.9. The molecule has 1 nitrogen and oxygen atoms in total. The highest BCUT2D eigenvalue weighted by atomic mass is 35.5. The molecule has 0 saturated heterocycles. The molecule has 1 unspecified atom stereocenters. The Bertz CT molecular complexity index is 651. The van der Waals surface area contributed by atoms with Gasteiger partial charge in [0.25, 0.3) is 0 Å². The van der Waals surface area contributed by atoms with Crippen molar-refractivity contribution in [3.05, 3.63) is 69.7 Å². The highest BCUT2D eigenvalue weighted by Gasteiger charge is 2.36. The van der Waals surface area contributed by atoms with Crippen molar-refractivity contribution in [1.82, 2.24) is 0 Å². The average Bonchev–Trinajstić information content (AvgIpc) is 2.72. The van der Waals surface area contributed by atoms with Crippen LogP contribution < -0.4 is 5.73 Å². The lowest BCUT2D eigenvalue weighted by atomic mass is 9.86. The van der Waals surface area contributed by atoms with Crippen LogP contribution in [0.1, 0.15) is 23.1 Å². The predicted octanol–water partition coefficient (Wildman–Crippen LogP) is 3.96. The van der Waals surface area contributed by atoms with Crippen molar-refractivity contribution in [1.29, 1.82) is 0 Å². The van der Waals surface area contributed by atoms with Crippen molar-refractivity contribution in [2.75, 3.05) is 0 Å². The molecule has 0 amide bonds. The first-order chi connectivity index (χ1) is 9.49. The summed E-state index contributed by atoms with van der Waals surface area (Å²) in [5.41, 5.74) is 7.97. The van der Waals surface area contributed by atoms with Gasteiger partial charge >= 0.3 is 0 Å². The standard InChI is InChI=1S/C16H14ClF2N/c17-14-2-1-3-15(19)12(14)9-16(20)7-6-10-8-11(18)4-5-13(10)16/h1-5,8H,6-7,9,20H2. The molecule has 4 heteroatoms. The van der Waals surface area contributed by atoms with Gasteiger partial charge in [0.1, 0.15) is 11.6 Å². The van der Waals surface area contributed by atoms with E-state index in [2.05, 4.69) is 0 Å². The first kappa shape index (κ1) is 13.5. The molecule has 2 N–H and O–H groups in total. The number of rotatable bonds is 2. The monoisotopic (exact) mass is 293 g/mol. The quantitative estimate of drug-likeness (QED) is 0.891. The van der Waals surface area contributed by atoms with Crippen molar-refractivity contribution >= 4 is 11.6 Å². The summed E-state index contributed by atoms with van der Waals surface area (Å²) >= 11 is 6.07. The summed E-state index contributed by atoms with van der Waals surface area (Å²) in [6.07, 6.45) is 1.68. The average molecular weight is 294 g/mol. The van der Waals surface area contributed by atoms with Crippen LogP contribution in [0.4, 0.5) is 8.78 Å². The molecular formula is C16H14ClF2N. The lowest BCUT2D eigenvalue weighted by Gasteiger charge is -2.26. The molecular weight excluding hydrogens is 280 g/mol. The summed E-state index contributed by atoms with van der Waals surface area (Å²) in [6.45, 7) is 0. The van der Waals surface area contributed by atoms with E-state index in [4.69, 9.17) is 17.3 Å². The Balaban J connectivity index is 2.00. The van der Waals surface area contributed by atoms with Crippen LogP contribution in [0.25, 0.3) is 0 Å². The van der Waals surface area contributed by atoms with Crippen molar-refractivity contribution in [2.45, 2.75) is 24.8 Å². The molecule has 0 heterocycles. The third-order valence-electron chi connectivity index (χ3n) is 4.00. The lowest BCUT2D eigenvalue weighted by molar-refractivity contribution is 0.429. The van der Waals surface area contributed by atoms with Crippen molar-refractivity contribution in [3.63, 3.8) is 0 Å². The van der Waals surface area contributed by atoms with Gasteiger partial charge in [0, 0.05) is 16.1 Å². The molecule has 2 aromatic rings. The van der Waals surface area contributed by atoms with Gasteiger partial charge < -0.3 is 5.73 Å². The summed E-state index contributed by atoms with van der Waals surface area (Å²) in [5.74, 6) is -0.616. The topological polar surface area (TPSA) is 26.0 Å². The van der Waals surface area contributed by atoms with Gasteiger partial charge in [0.05, 0.1) is 0 Å². The van der Waals surface area contributed by atoms with Gasteiger partial charge in [-0.25, -0.2) is 8.78 Å². The van der Waals surface area contributed by atoms with Gasteiger partial charge in [-0.3, -0.25) is 0 Å². The van der Waals surface area contributed by atoms with Gasteiger partial charge in [0.15, 0.2) is 0 Å². The van der Waals surface area contributed by atoms with Crippen LogP contribution >= 0.6 is 11.6 Å². The fourth-order valence-corrected chi connectivity index (χ4v) is 3.18. The summed E-state index contributed by atoms with van der Waals surface area (Å²) in [4.78, 5) is 0. The van der Waals surface area contributed by atoms with Crippen molar-refractivity contribution in [2.24, 2.45) is 5.73 Å². The normalized spacial score (nSPS) is 21.0. The maximum atomic E-state index is 13.9. The van der Waals surface area contributed by atoms with Crippen molar-refractivity contribution < 1.29 is 8.78 Å². The molecule has 3 rings (SSSR count). The zero-order valence-electron chi connectivity index (χ0n) is 10.8. The van der Waals surface area contributed by atoms with Gasteiger partial charge in [-0.2, -0.15) is 0 Å². The summed E-state index contributed by atoms with van der Waals surface area (Å²) in [6, 6.07) is 9.21. The van der Waals surface area contributed by atoms with Crippen LogP contribution in [0, 0.1) is 11.6 Å². The Hall–Kier alpha value is -1.45. The Morgan fingerprint density at radius 2 is 2.00 bits per heavy atom. The molecule has 104 valence electrons. The summed E-state index contributed by atoms with van der Waals surface area (Å²) in [7, 11) is 0. The van der Waals surface area contributed by atoms with E-state index in [0.29, 0.717) is 29.8 Å². The molecule has 0 aromatic heterocycles. The molecule has 0 bridgehead atoms. The first-order valence-electron chi connectivity index (χ1n) is 6.50. The van der Waals surface area contributed by atoms with E-state index in [9.17, 15) is 8.78 Å². The number of halogens is 3. The molecule has 20 heavy (non-hydrogen) atoms. The van der Waals surface area contributed by atoms with E-state index in [1.54, 1.807) is 18.2 Å². The molecule has 1 aliphatic rings. The Morgan fingerprint density at radius 1 is 1.20 bits per heavy atom. The molecule has 0 spiro atoms. The van der Waals surface area contributed by atoms with Gasteiger partial charge in [-0.1, -0.05) is 23.7 Å².